The Kier molecular flexibility index (Phi) is 3.23. The fraction of sp³-hybridized carbons (Fsp3) is 1.00. The topological polar surface area (TPSA) is 15.3 Å². The molecule has 0 aliphatic carbocycles. The molecule has 0 aromatic heterocycles. The van der Waals surface area contributed by atoms with Crippen molar-refractivity contribution in [1.82, 2.24) is 10.2 Å². The minimum Gasteiger partial charge on any atom is -0.313 e. The van der Waals surface area contributed by atoms with Crippen LogP contribution in [0.15, 0.2) is 0 Å². The Morgan fingerprint density at radius 2 is 2.08 bits per heavy atom. The molecule has 2 saturated heterocycles. The van der Waals surface area contributed by atoms with E-state index >= 15 is 0 Å². The Hall–Kier alpha value is -0.0800. The van der Waals surface area contributed by atoms with Crippen molar-refractivity contribution in [2.45, 2.75) is 38.6 Å². The van der Waals surface area contributed by atoms with Crippen LogP contribution in [0.25, 0.3) is 0 Å². The van der Waals surface area contributed by atoms with Crippen LogP contribution in [-0.2, 0) is 0 Å². The molecule has 2 heteroatoms. The smallest absolute Gasteiger partial charge is 0.0197 e. The maximum Gasteiger partial charge on any atom is 0.0197 e. The molecule has 0 saturated carbocycles. The summed E-state index contributed by atoms with van der Waals surface area (Å²) >= 11 is 0. The first-order valence-corrected chi connectivity index (χ1v) is 5.80. The maximum absolute atomic E-state index is 3.63. The average molecular weight is 182 g/mol. The van der Waals surface area contributed by atoms with Crippen molar-refractivity contribution < 1.29 is 0 Å². The number of piperidine rings is 1. The van der Waals surface area contributed by atoms with Crippen LogP contribution in [-0.4, -0.2) is 37.1 Å². The molecule has 0 aromatic rings. The van der Waals surface area contributed by atoms with Crippen LogP contribution in [0.1, 0.15) is 32.6 Å². The van der Waals surface area contributed by atoms with Gasteiger partial charge in [-0.15, -0.1) is 0 Å². The molecule has 2 fully saturated rings. The van der Waals surface area contributed by atoms with Crippen molar-refractivity contribution in [2.24, 2.45) is 5.92 Å². The van der Waals surface area contributed by atoms with E-state index in [0.717, 1.165) is 12.0 Å². The highest BCUT2D eigenvalue weighted by atomic mass is 15.2. The first-order chi connectivity index (χ1) is 6.34. The molecule has 2 heterocycles. The summed E-state index contributed by atoms with van der Waals surface area (Å²) in [6.07, 6.45) is 5.59. The highest BCUT2D eigenvalue weighted by Crippen LogP contribution is 2.17. The largest absolute Gasteiger partial charge is 0.313 e. The van der Waals surface area contributed by atoms with Gasteiger partial charge in [0.2, 0.25) is 0 Å². The molecule has 2 atom stereocenters. The van der Waals surface area contributed by atoms with E-state index in [-0.39, 0.29) is 0 Å². The van der Waals surface area contributed by atoms with E-state index in [4.69, 9.17) is 0 Å². The van der Waals surface area contributed by atoms with Crippen molar-refractivity contribution >= 4 is 0 Å². The minimum atomic E-state index is 0.779. The second-order valence-electron chi connectivity index (χ2n) is 4.79. The summed E-state index contributed by atoms with van der Waals surface area (Å²) in [4.78, 5) is 2.62. The van der Waals surface area contributed by atoms with E-state index in [1.165, 1.54) is 51.9 Å². The molecule has 1 N–H and O–H groups in total. The van der Waals surface area contributed by atoms with E-state index in [9.17, 15) is 0 Å². The molecule has 0 spiro atoms. The monoisotopic (exact) mass is 182 g/mol. The molecule has 0 aromatic carbocycles. The van der Waals surface area contributed by atoms with Crippen LogP contribution in [0.2, 0.25) is 0 Å². The first kappa shape index (κ1) is 9.47. The molecule has 2 rings (SSSR count). The summed E-state index contributed by atoms with van der Waals surface area (Å²) in [5.41, 5.74) is 0. The SMILES string of the molecule is CC1CCNC(CN2CCCC2)C1. The molecule has 2 unspecified atom stereocenters. The number of hydrogen-bond acceptors (Lipinski definition) is 2. The highest BCUT2D eigenvalue weighted by molar-refractivity contribution is 4.80. The van der Waals surface area contributed by atoms with Crippen molar-refractivity contribution in [3.63, 3.8) is 0 Å². The molecular weight excluding hydrogens is 160 g/mol. The molecule has 2 aliphatic rings. The first-order valence-electron chi connectivity index (χ1n) is 5.80. The predicted octanol–water partition coefficient (Wildman–Crippen LogP) is 1.47. The second kappa shape index (κ2) is 4.43. The Morgan fingerprint density at radius 1 is 1.31 bits per heavy atom. The zero-order chi connectivity index (χ0) is 9.10. The minimum absolute atomic E-state index is 0.779. The third-order valence-electron chi connectivity index (χ3n) is 3.43. The second-order valence-corrected chi connectivity index (χ2v) is 4.79. The number of likely N-dealkylation sites (tertiary alicyclic amines) is 1. The summed E-state index contributed by atoms with van der Waals surface area (Å²) in [5.74, 6) is 0.939. The van der Waals surface area contributed by atoms with Gasteiger partial charge in [-0.1, -0.05) is 6.92 Å². The summed E-state index contributed by atoms with van der Waals surface area (Å²) in [7, 11) is 0. The van der Waals surface area contributed by atoms with Crippen LogP contribution >= 0.6 is 0 Å². The van der Waals surface area contributed by atoms with E-state index in [0.29, 0.717) is 0 Å². The van der Waals surface area contributed by atoms with Gasteiger partial charge in [-0.05, 0) is 51.2 Å². The number of rotatable bonds is 2. The molecule has 0 radical (unpaired) electrons. The summed E-state index contributed by atoms with van der Waals surface area (Å²) in [6.45, 7) is 7.60. The van der Waals surface area contributed by atoms with Gasteiger partial charge in [0.15, 0.2) is 0 Å². The normalized spacial score (nSPS) is 36.7. The van der Waals surface area contributed by atoms with Crippen molar-refractivity contribution in [2.75, 3.05) is 26.2 Å². The Bertz CT molecular complexity index is 152. The highest BCUT2D eigenvalue weighted by Gasteiger charge is 2.21. The maximum atomic E-state index is 3.63. The van der Waals surface area contributed by atoms with Gasteiger partial charge in [0.1, 0.15) is 0 Å². The molecule has 0 bridgehead atoms. The fourth-order valence-corrected chi connectivity index (χ4v) is 2.64. The summed E-state index contributed by atoms with van der Waals surface area (Å²) in [6, 6.07) is 0.779. The van der Waals surface area contributed by atoms with E-state index in [1.54, 1.807) is 0 Å². The third-order valence-corrected chi connectivity index (χ3v) is 3.43. The van der Waals surface area contributed by atoms with E-state index < -0.39 is 0 Å². The lowest BCUT2D eigenvalue weighted by Gasteiger charge is -2.31. The number of hydrogen-bond donors (Lipinski definition) is 1. The lowest BCUT2D eigenvalue weighted by Crippen LogP contribution is -2.44. The van der Waals surface area contributed by atoms with Crippen LogP contribution in [0.4, 0.5) is 0 Å². The van der Waals surface area contributed by atoms with Gasteiger partial charge in [0, 0.05) is 12.6 Å². The van der Waals surface area contributed by atoms with Crippen LogP contribution in [0.3, 0.4) is 0 Å². The standard InChI is InChI=1S/C11H22N2/c1-10-4-5-12-11(8-10)9-13-6-2-3-7-13/h10-12H,2-9H2,1H3. The Labute approximate surface area is 81.7 Å². The Morgan fingerprint density at radius 3 is 2.77 bits per heavy atom. The lowest BCUT2D eigenvalue weighted by atomic mass is 9.94. The third kappa shape index (κ3) is 2.68. The predicted molar refractivity (Wildman–Crippen MR) is 55.9 cm³/mol. The van der Waals surface area contributed by atoms with Gasteiger partial charge in [0.05, 0.1) is 0 Å². The van der Waals surface area contributed by atoms with E-state index in [1.807, 2.05) is 0 Å². The van der Waals surface area contributed by atoms with Crippen LogP contribution in [0, 0.1) is 5.92 Å². The van der Waals surface area contributed by atoms with Crippen LogP contribution < -0.4 is 5.32 Å². The lowest BCUT2D eigenvalue weighted by molar-refractivity contribution is 0.235. The quantitative estimate of drug-likeness (QED) is 0.695. The Balaban J connectivity index is 1.73. The van der Waals surface area contributed by atoms with Gasteiger partial charge < -0.3 is 10.2 Å². The zero-order valence-electron chi connectivity index (χ0n) is 8.76. The summed E-state index contributed by atoms with van der Waals surface area (Å²) in [5, 5.41) is 3.63. The zero-order valence-corrected chi connectivity index (χ0v) is 8.76. The van der Waals surface area contributed by atoms with E-state index in [2.05, 4.69) is 17.1 Å². The number of nitrogens with zero attached hydrogens (tertiary/aromatic N) is 1. The molecule has 2 aliphatic heterocycles. The fourth-order valence-electron chi connectivity index (χ4n) is 2.64. The van der Waals surface area contributed by atoms with Crippen LogP contribution in [0.5, 0.6) is 0 Å². The molecular formula is C11H22N2. The number of nitrogens with one attached hydrogen (secondary N) is 1. The van der Waals surface area contributed by atoms with Gasteiger partial charge >= 0.3 is 0 Å². The molecule has 2 nitrogen and oxygen atoms in total. The molecule has 13 heavy (non-hydrogen) atoms. The van der Waals surface area contributed by atoms with Gasteiger partial charge in [-0.2, -0.15) is 0 Å². The van der Waals surface area contributed by atoms with Gasteiger partial charge in [-0.25, -0.2) is 0 Å². The van der Waals surface area contributed by atoms with Crippen molar-refractivity contribution in [3.8, 4) is 0 Å². The van der Waals surface area contributed by atoms with Gasteiger partial charge in [-0.3, -0.25) is 0 Å². The van der Waals surface area contributed by atoms with Crippen molar-refractivity contribution in [1.29, 1.82) is 0 Å². The van der Waals surface area contributed by atoms with Gasteiger partial charge in [0.25, 0.3) is 0 Å². The summed E-state index contributed by atoms with van der Waals surface area (Å²) < 4.78 is 0. The van der Waals surface area contributed by atoms with Crippen molar-refractivity contribution in [3.05, 3.63) is 0 Å². The molecule has 76 valence electrons. The molecule has 0 amide bonds. The average Bonchev–Trinajstić information content (AvgIpc) is 2.57.